The Morgan fingerprint density at radius 3 is 2.27 bits per heavy atom. The first-order chi connectivity index (χ1) is 10.2. The molecule has 0 fully saturated rings. The third-order valence-electron chi connectivity index (χ3n) is 3.69. The van der Waals surface area contributed by atoms with Crippen LogP contribution in [-0.2, 0) is 22.4 Å². The van der Waals surface area contributed by atoms with Crippen molar-refractivity contribution >= 4 is 12.1 Å². The van der Waals surface area contributed by atoms with Gasteiger partial charge in [0.1, 0.15) is 11.6 Å². The average Bonchev–Trinajstić information content (AvgIpc) is 2.77. The van der Waals surface area contributed by atoms with E-state index in [0.717, 1.165) is 12.8 Å². The lowest BCUT2D eigenvalue weighted by atomic mass is 9.97. The van der Waals surface area contributed by atoms with Gasteiger partial charge in [-0.25, -0.2) is 9.59 Å². The van der Waals surface area contributed by atoms with E-state index in [4.69, 9.17) is 4.74 Å². The highest BCUT2D eigenvalue weighted by Gasteiger charge is 2.29. The molecule has 2 N–H and O–H groups in total. The van der Waals surface area contributed by atoms with Crippen LogP contribution in [0.5, 0.6) is 0 Å². The fraction of sp³-hybridized carbons (Fsp3) is 0.529. The van der Waals surface area contributed by atoms with Gasteiger partial charge in [-0.1, -0.05) is 24.3 Å². The molecule has 0 aliphatic heterocycles. The van der Waals surface area contributed by atoms with E-state index in [1.807, 2.05) is 12.1 Å². The van der Waals surface area contributed by atoms with Crippen LogP contribution in [0, 0.1) is 5.92 Å². The van der Waals surface area contributed by atoms with Gasteiger partial charge >= 0.3 is 12.1 Å². The van der Waals surface area contributed by atoms with Gasteiger partial charge in [0.25, 0.3) is 0 Å². The molecular weight excluding hydrogens is 282 g/mol. The van der Waals surface area contributed by atoms with E-state index < -0.39 is 23.7 Å². The highest BCUT2D eigenvalue weighted by Crippen LogP contribution is 2.29. The van der Waals surface area contributed by atoms with Crippen molar-refractivity contribution in [2.45, 2.75) is 51.7 Å². The second kappa shape index (κ2) is 6.38. The highest BCUT2D eigenvalue weighted by molar-refractivity contribution is 5.80. The van der Waals surface area contributed by atoms with E-state index >= 15 is 0 Å². The van der Waals surface area contributed by atoms with Gasteiger partial charge in [-0.15, -0.1) is 0 Å². The molecule has 0 unspecified atom stereocenters. The van der Waals surface area contributed by atoms with Crippen LogP contribution in [0.15, 0.2) is 24.3 Å². The smallest absolute Gasteiger partial charge is 0.408 e. The van der Waals surface area contributed by atoms with Crippen molar-refractivity contribution in [3.8, 4) is 0 Å². The lowest BCUT2D eigenvalue weighted by Crippen LogP contribution is -2.44. The highest BCUT2D eigenvalue weighted by atomic mass is 16.6. The fourth-order valence-corrected chi connectivity index (χ4v) is 2.82. The minimum Gasteiger partial charge on any atom is -0.480 e. The van der Waals surface area contributed by atoms with Crippen LogP contribution in [0.2, 0.25) is 0 Å². The van der Waals surface area contributed by atoms with Crippen LogP contribution in [-0.4, -0.2) is 28.8 Å². The Morgan fingerprint density at radius 2 is 1.82 bits per heavy atom. The molecule has 1 amide bonds. The number of carbonyl (C=O) groups excluding carboxylic acids is 1. The topological polar surface area (TPSA) is 75.6 Å². The number of carboxylic acid groups (broad SMARTS) is 1. The van der Waals surface area contributed by atoms with Gasteiger partial charge in [0, 0.05) is 0 Å². The van der Waals surface area contributed by atoms with Crippen LogP contribution in [0.4, 0.5) is 4.79 Å². The molecule has 2 rings (SSSR count). The molecule has 1 aromatic carbocycles. The van der Waals surface area contributed by atoms with Crippen molar-refractivity contribution in [3.63, 3.8) is 0 Å². The van der Waals surface area contributed by atoms with E-state index in [2.05, 4.69) is 17.4 Å². The number of rotatable bonds is 4. The zero-order valence-electron chi connectivity index (χ0n) is 13.3. The van der Waals surface area contributed by atoms with Crippen LogP contribution < -0.4 is 5.32 Å². The van der Waals surface area contributed by atoms with Gasteiger partial charge in [0.2, 0.25) is 0 Å². The summed E-state index contributed by atoms with van der Waals surface area (Å²) in [4.78, 5) is 23.2. The van der Waals surface area contributed by atoms with Gasteiger partial charge in [0.05, 0.1) is 0 Å². The first-order valence-electron chi connectivity index (χ1n) is 7.53. The third-order valence-corrected chi connectivity index (χ3v) is 3.69. The zero-order chi connectivity index (χ0) is 16.3. The number of carboxylic acids is 1. The van der Waals surface area contributed by atoms with Crippen molar-refractivity contribution in [2.24, 2.45) is 5.92 Å². The number of benzene rings is 1. The SMILES string of the molecule is CC(C)(C)OC(=O)N[C@H](CC1Cc2ccccc2C1)C(=O)O. The lowest BCUT2D eigenvalue weighted by molar-refractivity contribution is -0.140. The van der Waals surface area contributed by atoms with Crippen LogP contribution in [0.25, 0.3) is 0 Å². The maximum absolute atomic E-state index is 11.8. The maximum Gasteiger partial charge on any atom is 0.408 e. The van der Waals surface area contributed by atoms with Crippen molar-refractivity contribution in [2.75, 3.05) is 0 Å². The summed E-state index contributed by atoms with van der Waals surface area (Å²) in [6, 6.07) is 7.22. The number of hydrogen-bond donors (Lipinski definition) is 2. The molecule has 1 aliphatic carbocycles. The van der Waals surface area contributed by atoms with Crippen LogP contribution in [0.3, 0.4) is 0 Å². The number of fused-ring (bicyclic) bond motifs is 1. The Kier molecular flexibility index (Phi) is 4.74. The van der Waals surface area contributed by atoms with Crippen molar-refractivity contribution < 1.29 is 19.4 Å². The number of amides is 1. The summed E-state index contributed by atoms with van der Waals surface area (Å²) in [6.45, 7) is 5.24. The molecule has 0 bridgehead atoms. The van der Waals surface area contributed by atoms with Gasteiger partial charge in [-0.3, -0.25) is 0 Å². The Bertz CT molecular complexity index is 537. The molecule has 5 nitrogen and oxygen atoms in total. The van der Waals surface area contributed by atoms with E-state index in [0.29, 0.717) is 6.42 Å². The standard InChI is InChI=1S/C17H23NO4/c1-17(2,3)22-16(21)18-14(15(19)20)10-11-8-12-6-4-5-7-13(12)9-11/h4-7,11,14H,8-10H2,1-3H3,(H,18,21)(H,19,20)/t14-/m1/s1. The Morgan fingerprint density at radius 1 is 1.27 bits per heavy atom. The van der Waals surface area contributed by atoms with Crippen LogP contribution in [0.1, 0.15) is 38.3 Å². The second-order valence-electron chi connectivity index (χ2n) is 6.82. The van der Waals surface area contributed by atoms with Crippen molar-refractivity contribution in [1.29, 1.82) is 0 Å². The third kappa shape index (κ3) is 4.48. The molecule has 1 aromatic rings. The molecular formula is C17H23NO4. The van der Waals surface area contributed by atoms with Crippen LogP contribution >= 0.6 is 0 Å². The van der Waals surface area contributed by atoms with E-state index in [9.17, 15) is 14.7 Å². The predicted octanol–water partition coefficient (Wildman–Crippen LogP) is 2.77. The molecule has 0 spiro atoms. The number of alkyl carbamates (subject to hydrolysis) is 1. The minimum atomic E-state index is -1.03. The summed E-state index contributed by atoms with van der Waals surface area (Å²) < 4.78 is 5.13. The van der Waals surface area contributed by atoms with Gasteiger partial charge in [-0.05, 0) is 57.1 Å². The van der Waals surface area contributed by atoms with Crippen molar-refractivity contribution in [1.82, 2.24) is 5.32 Å². The predicted molar refractivity (Wildman–Crippen MR) is 82.8 cm³/mol. The van der Waals surface area contributed by atoms with Gasteiger partial charge < -0.3 is 15.2 Å². The Hall–Kier alpha value is -2.04. The molecule has 1 atom stereocenters. The molecule has 0 radical (unpaired) electrons. The lowest BCUT2D eigenvalue weighted by Gasteiger charge is -2.23. The summed E-state index contributed by atoms with van der Waals surface area (Å²) >= 11 is 0. The van der Waals surface area contributed by atoms with Crippen molar-refractivity contribution in [3.05, 3.63) is 35.4 Å². The molecule has 5 heteroatoms. The molecule has 22 heavy (non-hydrogen) atoms. The Labute approximate surface area is 130 Å². The quantitative estimate of drug-likeness (QED) is 0.897. The summed E-state index contributed by atoms with van der Waals surface area (Å²) in [5, 5.41) is 11.8. The first-order valence-corrected chi connectivity index (χ1v) is 7.53. The number of carbonyl (C=O) groups is 2. The van der Waals surface area contributed by atoms with E-state index in [1.165, 1.54) is 11.1 Å². The van der Waals surface area contributed by atoms with E-state index in [-0.39, 0.29) is 5.92 Å². The summed E-state index contributed by atoms with van der Waals surface area (Å²) in [7, 11) is 0. The number of hydrogen-bond acceptors (Lipinski definition) is 3. The monoisotopic (exact) mass is 305 g/mol. The van der Waals surface area contributed by atoms with E-state index in [1.54, 1.807) is 20.8 Å². The first kappa shape index (κ1) is 16.3. The zero-order valence-corrected chi connectivity index (χ0v) is 13.3. The maximum atomic E-state index is 11.8. The number of ether oxygens (including phenoxy) is 1. The molecule has 0 heterocycles. The summed E-state index contributed by atoms with van der Waals surface area (Å²) in [6.07, 6.45) is 1.44. The minimum absolute atomic E-state index is 0.230. The average molecular weight is 305 g/mol. The normalized spacial score (nSPS) is 16.0. The second-order valence-corrected chi connectivity index (χ2v) is 6.82. The summed E-state index contributed by atoms with van der Waals surface area (Å²) in [5.41, 5.74) is 1.90. The molecule has 120 valence electrons. The summed E-state index contributed by atoms with van der Waals surface area (Å²) in [5.74, 6) is -0.796. The van der Waals surface area contributed by atoms with Gasteiger partial charge in [-0.2, -0.15) is 0 Å². The molecule has 0 saturated heterocycles. The number of nitrogens with one attached hydrogen (secondary N) is 1. The molecule has 0 saturated carbocycles. The molecule has 1 aliphatic rings. The fourth-order valence-electron chi connectivity index (χ4n) is 2.82. The van der Waals surface area contributed by atoms with Gasteiger partial charge in [0.15, 0.2) is 0 Å². The largest absolute Gasteiger partial charge is 0.480 e. The Balaban J connectivity index is 1.94. The number of aliphatic carboxylic acids is 1. The molecule has 0 aromatic heterocycles.